The molecule has 0 aromatic heterocycles. The molecule has 6 rings (SSSR count). The third kappa shape index (κ3) is 2.35. The van der Waals surface area contributed by atoms with Crippen LogP contribution in [0.1, 0.15) is 24.0 Å². The number of carbonyl (C=O) groups is 3. The number of nitro groups is 1. The minimum absolute atomic E-state index is 0.0312. The minimum Gasteiger partial charge on any atom is -0.495 e. The second-order valence-electron chi connectivity index (χ2n) is 9.30. The Bertz CT molecular complexity index is 1310. The van der Waals surface area contributed by atoms with E-state index in [1.807, 2.05) is 30.0 Å². The molecule has 3 saturated heterocycles. The largest absolute Gasteiger partial charge is 0.495 e. The molecule has 4 heterocycles. The van der Waals surface area contributed by atoms with Crippen LogP contribution in [0.25, 0.3) is 0 Å². The summed E-state index contributed by atoms with van der Waals surface area (Å²) >= 11 is 0. The van der Waals surface area contributed by atoms with Crippen LogP contribution in [0.2, 0.25) is 0 Å². The van der Waals surface area contributed by atoms with Crippen LogP contribution in [0.4, 0.5) is 17.1 Å². The van der Waals surface area contributed by atoms with Gasteiger partial charge in [0, 0.05) is 29.4 Å². The Morgan fingerprint density at radius 3 is 2.68 bits per heavy atom. The number of ether oxygens (including phenoxy) is 1. The molecule has 4 aliphatic heterocycles. The highest BCUT2D eigenvalue weighted by Gasteiger charge is 2.74. The van der Waals surface area contributed by atoms with Crippen molar-refractivity contribution >= 4 is 34.8 Å². The first-order valence-electron chi connectivity index (χ1n) is 11.2. The second kappa shape index (κ2) is 6.86. The number of rotatable bonds is 3. The molecule has 0 bridgehead atoms. The van der Waals surface area contributed by atoms with E-state index in [1.54, 1.807) is 0 Å². The predicted octanol–water partition coefficient (Wildman–Crippen LogP) is 2.34. The SMILES string of the molecule is COc1ccc([N+](=O)[O-])cc1N1C(=O)[C@@H]2[C@@H]3CCCN3[C@]3(C(=O)Nc4ccc(C)cc43)[C@H]2C1=O. The molecule has 4 aliphatic rings. The molecule has 0 radical (unpaired) electrons. The third-order valence-electron chi connectivity index (χ3n) is 7.76. The molecule has 174 valence electrons. The maximum Gasteiger partial charge on any atom is 0.271 e. The fraction of sp³-hybridized carbons (Fsp3) is 0.375. The van der Waals surface area contributed by atoms with Gasteiger partial charge in [-0.15, -0.1) is 0 Å². The van der Waals surface area contributed by atoms with Gasteiger partial charge in [0.2, 0.25) is 17.7 Å². The molecule has 3 amide bonds. The number of aryl methyl sites for hydroxylation is 1. The molecule has 0 saturated carbocycles. The summed E-state index contributed by atoms with van der Waals surface area (Å²) in [6.45, 7) is 2.53. The van der Waals surface area contributed by atoms with Gasteiger partial charge in [-0.05, 0) is 38.4 Å². The lowest BCUT2D eigenvalue weighted by molar-refractivity contribution is -0.384. The first kappa shape index (κ1) is 20.8. The van der Waals surface area contributed by atoms with Crippen LogP contribution >= 0.6 is 0 Å². The Kier molecular flexibility index (Phi) is 4.20. The normalized spacial score (nSPS) is 29.4. The van der Waals surface area contributed by atoms with E-state index in [-0.39, 0.29) is 29.1 Å². The molecule has 10 heteroatoms. The Hall–Kier alpha value is -3.79. The molecular formula is C24H22N4O6. The van der Waals surface area contributed by atoms with E-state index in [0.29, 0.717) is 24.2 Å². The number of nitrogens with zero attached hydrogens (tertiary/aromatic N) is 3. The summed E-state index contributed by atoms with van der Waals surface area (Å²) in [7, 11) is 1.38. The van der Waals surface area contributed by atoms with Crippen molar-refractivity contribution in [3.05, 3.63) is 57.6 Å². The van der Waals surface area contributed by atoms with Gasteiger partial charge in [0.25, 0.3) is 5.69 Å². The fourth-order valence-corrected chi connectivity index (χ4v) is 6.52. The molecule has 2 aromatic carbocycles. The van der Waals surface area contributed by atoms with Gasteiger partial charge in [-0.2, -0.15) is 0 Å². The fourth-order valence-electron chi connectivity index (χ4n) is 6.52. The van der Waals surface area contributed by atoms with E-state index in [2.05, 4.69) is 5.32 Å². The molecule has 0 aliphatic carbocycles. The maximum absolute atomic E-state index is 14.1. The van der Waals surface area contributed by atoms with Crippen LogP contribution < -0.4 is 15.0 Å². The Morgan fingerprint density at radius 1 is 1.15 bits per heavy atom. The Morgan fingerprint density at radius 2 is 1.94 bits per heavy atom. The zero-order valence-electron chi connectivity index (χ0n) is 18.6. The number of benzene rings is 2. The third-order valence-corrected chi connectivity index (χ3v) is 7.76. The Balaban J connectivity index is 1.56. The maximum atomic E-state index is 14.1. The van der Waals surface area contributed by atoms with Crippen molar-refractivity contribution in [1.29, 1.82) is 0 Å². The molecule has 1 spiro atoms. The number of nitrogens with one attached hydrogen (secondary N) is 1. The Labute approximate surface area is 194 Å². The highest BCUT2D eigenvalue weighted by Crippen LogP contribution is 2.61. The zero-order valence-corrected chi connectivity index (χ0v) is 18.6. The van der Waals surface area contributed by atoms with Gasteiger partial charge in [0.15, 0.2) is 0 Å². The van der Waals surface area contributed by atoms with E-state index in [1.165, 1.54) is 25.3 Å². The summed E-state index contributed by atoms with van der Waals surface area (Å²) in [5, 5.41) is 14.4. The lowest BCUT2D eigenvalue weighted by atomic mass is 9.75. The number of fused-ring (bicyclic) bond motifs is 7. The van der Waals surface area contributed by atoms with Crippen LogP contribution in [0.3, 0.4) is 0 Å². The molecule has 10 nitrogen and oxygen atoms in total. The summed E-state index contributed by atoms with van der Waals surface area (Å²) in [5.41, 5.74) is 0.791. The molecule has 3 fully saturated rings. The predicted molar refractivity (Wildman–Crippen MR) is 120 cm³/mol. The summed E-state index contributed by atoms with van der Waals surface area (Å²) < 4.78 is 5.35. The van der Waals surface area contributed by atoms with Gasteiger partial charge in [-0.3, -0.25) is 29.4 Å². The van der Waals surface area contributed by atoms with Crippen LogP contribution in [0, 0.1) is 28.9 Å². The van der Waals surface area contributed by atoms with Crippen molar-refractivity contribution in [1.82, 2.24) is 4.90 Å². The van der Waals surface area contributed by atoms with Crippen molar-refractivity contribution in [2.24, 2.45) is 11.8 Å². The first-order chi connectivity index (χ1) is 16.3. The molecule has 2 aromatic rings. The number of hydrogen-bond acceptors (Lipinski definition) is 7. The number of carbonyl (C=O) groups excluding carboxylic acids is 3. The van der Waals surface area contributed by atoms with E-state index >= 15 is 0 Å². The van der Waals surface area contributed by atoms with Gasteiger partial charge in [-0.25, -0.2) is 4.90 Å². The average Bonchev–Trinajstić information content (AvgIpc) is 3.52. The summed E-state index contributed by atoms with van der Waals surface area (Å²) in [4.78, 5) is 55.4. The number of imide groups is 1. The van der Waals surface area contributed by atoms with Crippen LogP contribution in [-0.4, -0.2) is 47.2 Å². The molecule has 4 atom stereocenters. The van der Waals surface area contributed by atoms with Gasteiger partial charge in [0.05, 0.1) is 23.9 Å². The van der Waals surface area contributed by atoms with Gasteiger partial charge in [0.1, 0.15) is 17.0 Å². The molecular weight excluding hydrogens is 440 g/mol. The lowest BCUT2D eigenvalue weighted by Crippen LogP contribution is -2.54. The minimum atomic E-state index is -1.29. The van der Waals surface area contributed by atoms with E-state index in [4.69, 9.17) is 4.74 Å². The number of anilines is 2. The van der Waals surface area contributed by atoms with Gasteiger partial charge in [-0.1, -0.05) is 17.7 Å². The number of nitro benzene ring substituents is 1. The summed E-state index contributed by atoms with van der Waals surface area (Å²) in [6, 6.07) is 9.19. The van der Waals surface area contributed by atoms with Crippen LogP contribution in [-0.2, 0) is 19.9 Å². The number of hydrogen-bond donors (Lipinski definition) is 1. The second-order valence-corrected chi connectivity index (χ2v) is 9.30. The molecule has 1 N–H and O–H groups in total. The van der Waals surface area contributed by atoms with Gasteiger partial charge >= 0.3 is 0 Å². The van der Waals surface area contributed by atoms with Crippen LogP contribution in [0.15, 0.2) is 36.4 Å². The number of methoxy groups -OCH3 is 1. The lowest BCUT2D eigenvalue weighted by Gasteiger charge is -2.36. The van der Waals surface area contributed by atoms with Gasteiger partial charge < -0.3 is 10.1 Å². The summed E-state index contributed by atoms with van der Waals surface area (Å²) in [5.74, 6) is -2.77. The van der Waals surface area contributed by atoms with Crippen molar-refractivity contribution in [3.63, 3.8) is 0 Å². The monoisotopic (exact) mass is 462 g/mol. The molecule has 34 heavy (non-hydrogen) atoms. The average molecular weight is 462 g/mol. The smallest absolute Gasteiger partial charge is 0.271 e. The number of amides is 3. The quantitative estimate of drug-likeness (QED) is 0.422. The highest BCUT2D eigenvalue weighted by atomic mass is 16.6. The standard InChI is InChI=1S/C24H22N4O6/c1-12-5-7-15-14(10-12)24(23(31)25-15)20-19(16-4-3-9-26(16)24)21(29)27(22(20)30)17-11-13(28(32)33)6-8-18(17)34-2/h5-8,10-11,16,19-20H,3-4,9H2,1-2H3,(H,25,31)/t16-,19+,20+,24-/m0/s1. The van der Waals surface area contributed by atoms with E-state index in [9.17, 15) is 24.5 Å². The van der Waals surface area contributed by atoms with E-state index < -0.39 is 34.1 Å². The summed E-state index contributed by atoms with van der Waals surface area (Å²) in [6.07, 6.45) is 1.50. The number of non-ortho nitro benzene ring substituents is 1. The van der Waals surface area contributed by atoms with Crippen molar-refractivity contribution < 1.29 is 24.0 Å². The molecule has 0 unspecified atom stereocenters. The topological polar surface area (TPSA) is 122 Å². The van der Waals surface area contributed by atoms with Crippen molar-refractivity contribution in [3.8, 4) is 5.75 Å². The van der Waals surface area contributed by atoms with Crippen molar-refractivity contribution in [2.75, 3.05) is 23.9 Å². The van der Waals surface area contributed by atoms with Crippen molar-refractivity contribution in [2.45, 2.75) is 31.3 Å². The highest BCUT2D eigenvalue weighted by molar-refractivity contribution is 6.26. The van der Waals surface area contributed by atoms with E-state index in [0.717, 1.165) is 16.9 Å². The first-order valence-corrected chi connectivity index (χ1v) is 11.2. The zero-order chi connectivity index (χ0) is 23.9. The van der Waals surface area contributed by atoms with Crippen LogP contribution in [0.5, 0.6) is 5.75 Å².